The molecule has 0 N–H and O–H groups in total. The van der Waals surface area contributed by atoms with E-state index >= 15 is 0 Å². The lowest BCUT2D eigenvalue weighted by molar-refractivity contribution is -0.143. The molecule has 0 radical (unpaired) electrons. The van der Waals surface area contributed by atoms with Crippen LogP contribution in [0, 0.1) is 0 Å². The second-order valence-corrected chi connectivity index (χ2v) is 3.57. The molecule has 0 fully saturated rings. The standard InChI is InChI=1S/C8H10Cl2O2/c1-3-5-8(9,10)7(11)12-6-4-2/h3-4H,1-2,5-6H2. The van der Waals surface area contributed by atoms with Crippen molar-refractivity contribution >= 4 is 29.2 Å². The van der Waals surface area contributed by atoms with Crippen molar-refractivity contribution in [2.24, 2.45) is 0 Å². The van der Waals surface area contributed by atoms with Crippen LogP contribution < -0.4 is 0 Å². The molecular weight excluding hydrogens is 199 g/mol. The van der Waals surface area contributed by atoms with E-state index in [0.29, 0.717) is 0 Å². The SMILES string of the molecule is C=CCOC(=O)C(Cl)(Cl)CC=C. The maximum Gasteiger partial charge on any atom is 0.343 e. The number of carbonyl (C=O) groups is 1. The number of allylic oxidation sites excluding steroid dienone is 1. The van der Waals surface area contributed by atoms with Crippen molar-refractivity contribution in [1.82, 2.24) is 0 Å². The second kappa shape index (κ2) is 5.22. The molecule has 0 bridgehead atoms. The number of rotatable bonds is 5. The van der Waals surface area contributed by atoms with Crippen LogP contribution in [0.4, 0.5) is 0 Å². The molecule has 0 aliphatic heterocycles. The van der Waals surface area contributed by atoms with Crippen molar-refractivity contribution in [3.8, 4) is 0 Å². The third-order valence-electron chi connectivity index (χ3n) is 1.03. The molecule has 0 saturated carbocycles. The molecule has 0 spiro atoms. The quantitative estimate of drug-likeness (QED) is 0.395. The van der Waals surface area contributed by atoms with E-state index in [1.807, 2.05) is 0 Å². The van der Waals surface area contributed by atoms with Gasteiger partial charge in [-0.3, -0.25) is 0 Å². The van der Waals surface area contributed by atoms with Crippen molar-refractivity contribution in [2.45, 2.75) is 10.8 Å². The topological polar surface area (TPSA) is 26.3 Å². The average molecular weight is 209 g/mol. The number of halogens is 2. The lowest BCUT2D eigenvalue weighted by atomic mass is 10.3. The lowest BCUT2D eigenvalue weighted by Crippen LogP contribution is -2.27. The fourth-order valence-corrected chi connectivity index (χ4v) is 0.832. The summed E-state index contributed by atoms with van der Waals surface area (Å²) in [6.07, 6.45) is 3.05. The number of alkyl halides is 2. The van der Waals surface area contributed by atoms with Crippen LogP contribution in [-0.4, -0.2) is 16.9 Å². The Morgan fingerprint density at radius 3 is 2.42 bits per heavy atom. The Balaban J connectivity index is 4.04. The number of hydrogen-bond acceptors (Lipinski definition) is 2. The molecular formula is C8H10Cl2O2. The highest BCUT2D eigenvalue weighted by Gasteiger charge is 2.33. The third-order valence-corrected chi connectivity index (χ3v) is 1.65. The predicted molar refractivity (Wildman–Crippen MR) is 50.4 cm³/mol. The van der Waals surface area contributed by atoms with Gasteiger partial charge in [0.05, 0.1) is 0 Å². The molecule has 0 saturated heterocycles. The number of ether oxygens (including phenoxy) is 1. The van der Waals surface area contributed by atoms with E-state index in [0.717, 1.165) is 0 Å². The van der Waals surface area contributed by atoms with Crippen LogP contribution >= 0.6 is 23.2 Å². The summed E-state index contributed by atoms with van der Waals surface area (Å²) in [7, 11) is 0. The van der Waals surface area contributed by atoms with Crippen molar-refractivity contribution < 1.29 is 9.53 Å². The molecule has 2 nitrogen and oxygen atoms in total. The van der Waals surface area contributed by atoms with E-state index in [-0.39, 0.29) is 13.0 Å². The molecule has 4 heteroatoms. The number of carbonyl (C=O) groups excluding carboxylic acids is 1. The van der Waals surface area contributed by atoms with Crippen LogP contribution in [0.5, 0.6) is 0 Å². The Hall–Kier alpha value is -0.470. The van der Waals surface area contributed by atoms with Gasteiger partial charge < -0.3 is 4.74 Å². The van der Waals surface area contributed by atoms with Crippen LogP contribution in [0.1, 0.15) is 6.42 Å². The highest BCUT2D eigenvalue weighted by atomic mass is 35.5. The fourth-order valence-electron chi connectivity index (χ4n) is 0.505. The first-order valence-electron chi connectivity index (χ1n) is 3.31. The molecule has 0 aromatic heterocycles. The summed E-state index contributed by atoms with van der Waals surface area (Å²) in [5.74, 6) is -0.675. The molecule has 0 heterocycles. The fraction of sp³-hybridized carbons (Fsp3) is 0.375. The summed E-state index contributed by atoms with van der Waals surface area (Å²) in [4.78, 5) is 11.0. The van der Waals surface area contributed by atoms with Gasteiger partial charge in [-0.05, 0) is 0 Å². The molecule has 0 unspecified atom stereocenters. The van der Waals surface area contributed by atoms with Crippen molar-refractivity contribution in [2.75, 3.05) is 6.61 Å². The van der Waals surface area contributed by atoms with Crippen LogP contribution in [0.15, 0.2) is 25.3 Å². The van der Waals surface area contributed by atoms with Gasteiger partial charge in [-0.25, -0.2) is 4.79 Å². The van der Waals surface area contributed by atoms with Gasteiger partial charge in [0.25, 0.3) is 0 Å². The number of hydrogen-bond donors (Lipinski definition) is 0. The summed E-state index contributed by atoms with van der Waals surface area (Å²) in [5.41, 5.74) is 0. The van der Waals surface area contributed by atoms with E-state index in [1.54, 1.807) is 0 Å². The van der Waals surface area contributed by atoms with E-state index in [4.69, 9.17) is 23.2 Å². The van der Waals surface area contributed by atoms with Crippen molar-refractivity contribution in [1.29, 1.82) is 0 Å². The van der Waals surface area contributed by atoms with Crippen molar-refractivity contribution in [3.63, 3.8) is 0 Å². The molecule has 0 amide bonds. The van der Waals surface area contributed by atoms with Gasteiger partial charge in [0.1, 0.15) is 6.61 Å². The normalized spacial score (nSPS) is 10.5. The summed E-state index contributed by atoms with van der Waals surface area (Å²) < 4.78 is 3.12. The highest BCUT2D eigenvalue weighted by Crippen LogP contribution is 2.27. The summed E-state index contributed by atoms with van der Waals surface area (Å²) in [5, 5.41) is 0. The molecule has 0 aliphatic carbocycles. The van der Waals surface area contributed by atoms with Gasteiger partial charge in [0.2, 0.25) is 4.33 Å². The van der Waals surface area contributed by atoms with Gasteiger partial charge in [-0.2, -0.15) is 0 Å². The van der Waals surface area contributed by atoms with E-state index in [9.17, 15) is 4.79 Å². The van der Waals surface area contributed by atoms with Crippen LogP contribution in [-0.2, 0) is 9.53 Å². The minimum atomic E-state index is -1.52. The van der Waals surface area contributed by atoms with E-state index in [1.165, 1.54) is 12.2 Å². The molecule has 0 aromatic rings. The Kier molecular flexibility index (Phi) is 5.02. The first-order chi connectivity index (χ1) is 5.54. The van der Waals surface area contributed by atoms with Gasteiger partial charge in [0.15, 0.2) is 0 Å². The van der Waals surface area contributed by atoms with Crippen LogP contribution in [0.3, 0.4) is 0 Å². The Morgan fingerprint density at radius 1 is 1.42 bits per heavy atom. The maximum absolute atomic E-state index is 11.0. The molecule has 68 valence electrons. The zero-order valence-electron chi connectivity index (χ0n) is 6.56. The largest absolute Gasteiger partial charge is 0.459 e. The average Bonchev–Trinajstić information content (AvgIpc) is 2.00. The van der Waals surface area contributed by atoms with Crippen LogP contribution in [0.25, 0.3) is 0 Å². The first kappa shape index (κ1) is 11.5. The lowest BCUT2D eigenvalue weighted by Gasteiger charge is -2.14. The third kappa shape index (κ3) is 3.79. The Morgan fingerprint density at radius 2 is 2.00 bits per heavy atom. The minimum Gasteiger partial charge on any atom is -0.459 e. The number of esters is 1. The second-order valence-electron chi connectivity index (χ2n) is 2.08. The Bertz CT molecular complexity index is 187. The summed E-state index contributed by atoms with van der Waals surface area (Å²) >= 11 is 11.2. The highest BCUT2D eigenvalue weighted by molar-refractivity contribution is 6.57. The predicted octanol–water partition coefficient (Wildman–Crippen LogP) is 2.47. The molecule has 12 heavy (non-hydrogen) atoms. The molecule has 0 rings (SSSR count). The summed E-state index contributed by atoms with van der Waals surface area (Å²) in [6, 6.07) is 0. The summed E-state index contributed by atoms with van der Waals surface area (Å²) in [6.45, 7) is 6.90. The van der Waals surface area contributed by atoms with Crippen LogP contribution in [0.2, 0.25) is 0 Å². The zero-order chi connectivity index (χ0) is 9.61. The van der Waals surface area contributed by atoms with Gasteiger partial charge in [-0.15, -0.1) is 6.58 Å². The molecule has 0 aromatic carbocycles. The van der Waals surface area contributed by atoms with Crippen molar-refractivity contribution in [3.05, 3.63) is 25.3 Å². The van der Waals surface area contributed by atoms with Gasteiger partial charge >= 0.3 is 5.97 Å². The molecule has 0 aliphatic rings. The maximum atomic E-state index is 11.0. The monoisotopic (exact) mass is 208 g/mol. The smallest absolute Gasteiger partial charge is 0.343 e. The first-order valence-corrected chi connectivity index (χ1v) is 4.07. The Labute approximate surface area is 81.8 Å². The molecule has 0 atom stereocenters. The minimum absolute atomic E-state index is 0.108. The van der Waals surface area contributed by atoms with E-state index < -0.39 is 10.3 Å². The van der Waals surface area contributed by atoms with Gasteiger partial charge in [0, 0.05) is 6.42 Å². The van der Waals surface area contributed by atoms with E-state index in [2.05, 4.69) is 17.9 Å². The van der Waals surface area contributed by atoms with Gasteiger partial charge in [-0.1, -0.05) is 41.9 Å². The zero-order valence-corrected chi connectivity index (χ0v) is 8.07.